The number of nitrogens with zero attached hydrogens (tertiary/aromatic N) is 1. The number of aromatic amines is 1. The van der Waals surface area contributed by atoms with E-state index in [1.165, 1.54) is 5.56 Å². The molecule has 0 bridgehead atoms. The number of carbonyl (C=O) groups excluding carboxylic acids is 1. The third-order valence-electron chi connectivity index (χ3n) is 4.55. The van der Waals surface area contributed by atoms with Gasteiger partial charge in [0.1, 0.15) is 0 Å². The van der Waals surface area contributed by atoms with Crippen LogP contribution in [-0.2, 0) is 12.8 Å². The van der Waals surface area contributed by atoms with Gasteiger partial charge >= 0.3 is 0 Å². The number of pyridine rings is 1. The van der Waals surface area contributed by atoms with Gasteiger partial charge in [0.25, 0.3) is 5.91 Å². The highest BCUT2D eigenvalue weighted by Crippen LogP contribution is 2.25. The fourth-order valence-electron chi connectivity index (χ4n) is 3.27. The van der Waals surface area contributed by atoms with Gasteiger partial charge in [-0.1, -0.05) is 30.3 Å². The number of aryl methyl sites for hydroxylation is 1. The summed E-state index contributed by atoms with van der Waals surface area (Å²) in [5.41, 5.74) is 5.12. The van der Waals surface area contributed by atoms with Crippen LogP contribution in [0, 0.1) is 0 Å². The molecule has 1 aliphatic rings. The third-order valence-corrected chi connectivity index (χ3v) is 4.55. The van der Waals surface area contributed by atoms with E-state index in [9.17, 15) is 4.79 Å². The van der Waals surface area contributed by atoms with Crippen LogP contribution in [0.5, 0.6) is 0 Å². The van der Waals surface area contributed by atoms with Crippen LogP contribution in [0.25, 0.3) is 11.3 Å². The predicted molar refractivity (Wildman–Crippen MR) is 93.7 cm³/mol. The molecule has 0 saturated carbocycles. The van der Waals surface area contributed by atoms with E-state index in [1.807, 2.05) is 24.3 Å². The quantitative estimate of drug-likeness (QED) is 0.775. The van der Waals surface area contributed by atoms with Crippen LogP contribution in [-0.4, -0.2) is 21.9 Å². The SMILES string of the molecule is O=C1N[C@H](CCc2ccccc2)Cc2[nH]c(-c3ccncc3)cc21. The number of fused-ring (bicyclic) bond motifs is 1. The molecule has 1 aliphatic heterocycles. The van der Waals surface area contributed by atoms with Crippen LogP contribution in [0.2, 0.25) is 0 Å². The molecule has 0 radical (unpaired) electrons. The Kier molecular flexibility index (Phi) is 3.87. The van der Waals surface area contributed by atoms with Crippen molar-refractivity contribution in [1.82, 2.24) is 15.3 Å². The number of nitrogens with one attached hydrogen (secondary N) is 2. The van der Waals surface area contributed by atoms with Gasteiger partial charge in [0.2, 0.25) is 0 Å². The molecule has 2 aromatic heterocycles. The number of amides is 1. The monoisotopic (exact) mass is 317 g/mol. The Bertz CT molecular complexity index is 840. The molecular weight excluding hydrogens is 298 g/mol. The van der Waals surface area contributed by atoms with Crippen molar-refractivity contribution in [2.24, 2.45) is 0 Å². The second-order valence-corrected chi connectivity index (χ2v) is 6.21. The lowest BCUT2D eigenvalue weighted by molar-refractivity contribution is 0.0923. The van der Waals surface area contributed by atoms with Crippen molar-refractivity contribution in [2.45, 2.75) is 25.3 Å². The third kappa shape index (κ3) is 2.95. The Morgan fingerprint density at radius 3 is 2.67 bits per heavy atom. The van der Waals surface area contributed by atoms with Gasteiger partial charge in [-0.15, -0.1) is 0 Å². The van der Waals surface area contributed by atoms with E-state index in [0.29, 0.717) is 0 Å². The lowest BCUT2D eigenvalue weighted by Gasteiger charge is -2.23. The van der Waals surface area contributed by atoms with Gasteiger partial charge in [-0.2, -0.15) is 0 Å². The molecule has 0 saturated heterocycles. The molecule has 120 valence electrons. The largest absolute Gasteiger partial charge is 0.358 e. The van der Waals surface area contributed by atoms with Crippen LogP contribution >= 0.6 is 0 Å². The molecule has 24 heavy (non-hydrogen) atoms. The van der Waals surface area contributed by atoms with Crippen molar-refractivity contribution in [3.8, 4) is 11.3 Å². The Hall–Kier alpha value is -2.88. The molecule has 4 heteroatoms. The number of rotatable bonds is 4. The minimum Gasteiger partial charge on any atom is -0.358 e. The Morgan fingerprint density at radius 2 is 1.88 bits per heavy atom. The van der Waals surface area contributed by atoms with E-state index in [1.54, 1.807) is 12.4 Å². The summed E-state index contributed by atoms with van der Waals surface area (Å²) < 4.78 is 0. The van der Waals surface area contributed by atoms with Crippen molar-refractivity contribution in [2.75, 3.05) is 0 Å². The van der Waals surface area contributed by atoms with Crippen LogP contribution in [0.3, 0.4) is 0 Å². The molecule has 2 N–H and O–H groups in total. The van der Waals surface area contributed by atoms with Gasteiger partial charge in [-0.3, -0.25) is 9.78 Å². The summed E-state index contributed by atoms with van der Waals surface area (Å²) in [5.74, 6) is 0.0193. The summed E-state index contributed by atoms with van der Waals surface area (Å²) in [5, 5.41) is 3.14. The number of carbonyl (C=O) groups is 1. The van der Waals surface area contributed by atoms with Crippen molar-refractivity contribution in [1.29, 1.82) is 0 Å². The first kappa shape index (κ1) is 14.7. The van der Waals surface area contributed by atoms with E-state index in [4.69, 9.17) is 0 Å². The van der Waals surface area contributed by atoms with E-state index >= 15 is 0 Å². The van der Waals surface area contributed by atoms with Gasteiger partial charge in [0, 0.05) is 41.8 Å². The van der Waals surface area contributed by atoms with E-state index in [-0.39, 0.29) is 11.9 Å². The van der Waals surface area contributed by atoms with Crippen molar-refractivity contribution < 1.29 is 4.79 Å². The van der Waals surface area contributed by atoms with Gasteiger partial charge in [0.05, 0.1) is 5.56 Å². The first-order valence-corrected chi connectivity index (χ1v) is 8.26. The molecule has 1 aromatic carbocycles. The van der Waals surface area contributed by atoms with Crippen LogP contribution < -0.4 is 5.32 Å². The molecule has 3 aromatic rings. The number of hydrogen-bond acceptors (Lipinski definition) is 2. The zero-order valence-corrected chi connectivity index (χ0v) is 13.3. The normalized spacial score (nSPS) is 16.5. The molecule has 1 amide bonds. The minimum absolute atomic E-state index is 0.0193. The smallest absolute Gasteiger partial charge is 0.253 e. The molecule has 0 spiro atoms. The van der Waals surface area contributed by atoms with Gasteiger partial charge < -0.3 is 10.3 Å². The Labute approximate surface area is 141 Å². The Morgan fingerprint density at radius 1 is 1.08 bits per heavy atom. The number of benzene rings is 1. The zero-order chi connectivity index (χ0) is 16.4. The molecule has 0 aliphatic carbocycles. The average Bonchev–Trinajstić information content (AvgIpc) is 3.06. The van der Waals surface area contributed by atoms with Gasteiger partial charge in [0.15, 0.2) is 0 Å². The highest BCUT2D eigenvalue weighted by Gasteiger charge is 2.26. The van der Waals surface area contributed by atoms with Gasteiger partial charge in [-0.25, -0.2) is 0 Å². The van der Waals surface area contributed by atoms with Crippen molar-refractivity contribution in [3.05, 3.63) is 77.7 Å². The Balaban J connectivity index is 1.50. The summed E-state index contributed by atoms with van der Waals surface area (Å²) in [6, 6.07) is 16.4. The fourth-order valence-corrected chi connectivity index (χ4v) is 3.27. The summed E-state index contributed by atoms with van der Waals surface area (Å²) in [4.78, 5) is 19.9. The predicted octanol–water partition coefficient (Wildman–Crippen LogP) is 3.36. The van der Waals surface area contributed by atoms with E-state index in [2.05, 4.69) is 39.6 Å². The highest BCUT2D eigenvalue weighted by atomic mass is 16.1. The molecular formula is C20H19N3O. The topological polar surface area (TPSA) is 57.8 Å². The van der Waals surface area contributed by atoms with Crippen LogP contribution in [0.1, 0.15) is 28.0 Å². The molecule has 1 atom stereocenters. The highest BCUT2D eigenvalue weighted by molar-refractivity contribution is 5.98. The van der Waals surface area contributed by atoms with Crippen LogP contribution in [0.15, 0.2) is 60.9 Å². The van der Waals surface area contributed by atoms with Crippen molar-refractivity contribution >= 4 is 5.91 Å². The lowest BCUT2D eigenvalue weighted by atomic mass is 9.96. The lowest BCUT2D eigenvalue weighted by Crippen LogP contribution is -2.41. The number of aromatic nitrogens is 2. The van der Waals surface area contributed by atoms with E-state index < -0.39 is 0 Å². The zero-order valence-electron chi connectivity index (χ0n) is 13.3. The first-order valence-electron chi connectivity index (χ1n) is 8.26. The summed E-state index contributed by atoms with van der Waals surface area (Å²) >= 11 is 0. The second kappa shape index (κ2) is 6.32. The minimum atomic E-state index is 0.0193. The maximum Gasteiger partial charge on any atom is 0.253 e. The molecule has 0 unspecified atom stereocenters. The molecule has 4 nitrogen and oxygen atoms in total. The standard InChI is InChI=1S/C20H19N3O/c24-20-17-13-18(15-8-10-21-11-9-15)23-19(17)12-16(22-20)7-6-14-4-2-1-3-5-14/h1-5,8-11,13,16,23H,6-7,12H2,(H,22,24)/t16-/m1/s1. The maximum absolute atomic E-state index is 12.4. The summed E-state index contributed by atoms with van der Waals surface area (Å²) in [7, 11) is 0. The molecule has 0 fully saturated rings. The number of hydrogen-bond donors (Lipinski definition) is 2. The molecule has 4 rings (SSSR count). The average molecular weight is 317 g/mol. The van der Waals surface area contributed by atoms with Gasteiger partial charge in [-0.05, 0) is 36.6 Å². The van der Waals surface area contributed by atoms with Crippen molar-refractivity contribution in [3.63, 3.8) is 0 Å². The first-order chi connectivity index (χ1) is 11.8. The van der Waals surface area contributed by atoms with Crippen LogP contribution in [0.4, 0.5) is 0 Å². The molecule has 3 heterocycles. The number of H-pyrrole nitrogens is 1. The summed E-state index contributed by atoms with van der Waals surface area (Å²) in [6.07, 6.45) is 6.28. The fraction of sp³-hybridized carbons (Fsp3) is 0.200. The maximum atomic E-state index is 12.4. The summed E-state index contributed by atoms with van der Waals surface area (Å²) in [6.45, 7) is 0. The van der Waals surface area contributed by atoms with E-state index in [0.717, 1.165) is 41.8 Å². The second-order valence-electron chi connectivity index (χ2n) is 6.21.